The molecule has 0 aromatic rings. The van der Waals surface area contributed by atoms with E-state index in [0.717, 1.165) is 15.5 Å². The molecule has 3 unspecified atom stereocenters. The van der Waals surface area contributed by atoms with Gasteiger partial charge < -0.3 is 0 Å². The molecule has 0 nitrogen and oxygen atoms in total. The third-order valence-corrected chi connectivity index (χ3v) is 10.6. The SMILES string of the molecule is CCC[C]1([Zr][CH]2C3=CC=CCC3CC2C)C=CC=C1. The minimum atomic E-state index is -0.471. The summed E-state index contributed by atoms with van der Waals surface area (Å²) in [7, 11) is 0. The number of rotatable bonds is 4. The molecule has 3 aliphatic rings. The van der Waals surface area contributed by atoms with Crippen LogP contribution in [0.2, 0.25) is 6.75 Å². The molecule has 100 valence electrons. The summed E-state index contributed by atoms with van der Waals surface area (Å²) in [5, 5.41) is 0. The van der Waals surface area contributed by atoms with Gasteiger partial charge in [-0.15, -0.1) is 0 Å². The number of fused-ring (bicyclic) bond motifs is 1. The summed E-state index contributed by atoms with van der Waals surface area (Å²) >= 11 is -0.471. The van der Waals surface area contributed by atoms with Crippen molar-refractivity contribution in [1.29, 1.82) is 0 Å². The van der Waals surface area contributed by atoms with Crippen molar-refractivity contribution < 1.29 is 23.2 Å². The second kappa shape index (κ2) is 5.68. The van der Waals surface area contributed by atoms with Gasteiger partial charge in [-0.3, -0.25) is 0 Å². The molecular weight excluding hydrogens is 307 g/mol. The summed E-state index contributed by atoms with van der Waals surface area (Å²) in [5.41, 5.74) is 1.82. The standard InChI is InChI=1S/C10H13.C8H11.Zr/c1-8-6-9-4-2-3-5-10(9)7-8;1-2-5-8-6-3-4-7-8;/h2-4,6,8,10H,5,7H2,1H3;3-4,6-7H,2,5H2,1H3;. The summed E-state index contributed by atoms with van der Waals surface area (Å²) in [5.74, 6) is 1.82. The quantitative estimate of drug-likeness (QED) is 0.639. The van der Waals surface area contributed by atoms with E-state index >= 15 is 0 Å². The van der Waals surface area contributed by atoms with Gasteiger partial charge in [-0.1, -0.05) is 0 Å². The zero-order valence-corrected chi connectivity index (χ0v) is 14.6. The maximum atomic E-state index is 2.53. The Labute approximate surface area is 129 Å². The van der Waals surface area contributed by atoms with Crippen molar-refractivity contribution in [2.45, 2.75) is 46.3 Å². The normalized spacial score (nSPS) is 34.4. The number of hydrogen-bond acceptors (Lipinski definition) is 0. The van der Waals surface area contributed by atoms with Gasteiger partial charge in [0.2, 0.25) is 0 Å². The molecule has 0 spiro atoms. The van der Waals surface area contributed by atoms with Crippen LogP contribution in [0.25, 0.3) is 0 Å². The van der Waals surface area contributed by atoms with E-state index in [0.29, 0.717) is 3.12 Å². The summed E-state index contributed by atoms with van der Waals surface area (Å²) < 4.78 is 1.49. The molecule has 0 amide bonds. The fourth-order valence-corrected chi connectivity index (χ4v) is 9.57. The molecule has 1 heteroatoms. The van der Waals surface area contributed by atoms with Gasteiger partial charge in [0.05, 0.1) is 0 Å². The molecule has 1 saturated carbocycles. The van der Waals surface area contributed by atoms with Crippen LogP contribution in [0.4, 0.5) is 0 Å². The molecule has 0 radical (unpaired) electrons. The Hall–Kier alpha value is -0.157. The number of allylic oxidation sites excluding steroid dienone is 8. The van der Waals surface area contributed by atoms with Crippen molar-refractivity contribution in [3.05, 3.63) is 48.1 Å². The van der Waals surface area contributed by atoms with Crippen LogP contribution in [-0.2, 0) is 23.2 Å². The molecule has 0 aromatic carbocycles. The summed E-state index contributed by atoms with van der Waals surface area (Å²) in [4.78, 5) is 0. The van der Waals surface area contributed by atoms with Gasteiger partial charge in [0.1, 0.15) is 0 Å². The van der Waals surface area contributed by atoms with Gasteiger partial charge >= 0.3 is 129 Å². The topological polar surface area (TPSA) is 0 Å². The molecular formula is C18H24Zr. The van der Waals surface area contributed by atoms with Crippen molar-refractivity contribution >= 4 is 0 Å². The van der Waals surface area contributed by atoms with Gasteiger partial charge in [-0.05, 0) is 0 Å². The van der Waals surface area contributed by atoms with Crippen LogP contribution in [-0.4, -0.2) is 0 Å². The Bertz CT molecular complexity index is 440. The van der Waals surface area contributed by atoms with E-state index in [1.165, 1.54) is 25.7 Å². The molecule has 0 aromatic heterocycles. The first-order chi connectivity index (χ1) is 9.24. The van der Waals surface area contributed by atoms with Crippen LogP contribution >= 0.6 is 0 Å². The molecule has 0 heterocycles. The molecule has 3 aliphatic carbocycles. The Morgan fingerprint density at radius 2 is 2.05 bits per heavy atom. The monoisotopic (exact) mass is 330 g/mol. The third kappa shape index (κ3) is 2.68. The summed E-state index contributed by atoms with van der Waals surface area (Å²) in [6, 6.07) is 0. The fraction of sp³-hybridized carbons (Fsp3) is 0.556. The predicted octanol–water partition coefficient (Wildman–Crippen LogP) is 5.48. The fourth-order valence-electron chi connectivity index (χ4n) is 3.97. The van der Waals surface area contributed by atoms with Crippen molar-refractivity contribution in [1.82, 2.24) is 0 Å². The third-order valence-electron chi connectivity index (χ3n) is 4.89. The van der Waals surface area contributed by atoms with E-state index in [1.54, 1.807) is 0 Å². The van der Waals surface area contributed by atoms with E-state index in [2.05, 4.69) is 56.4 Å². The Morgan fingerprint density at radius 1 is 1.26 bits per heavy atom. The summed E-state index contributed by atoms with van der Waals surface area (Å²) in [6.45, 7) is 4.84. The van der Waals surface area contributed by atoms with E-state index < -0.39 is 23.2 Å². The molecule has 3 atom stereocenters. The summed E-state index contributed by atoms with van der Waals surface area (Å²) in [6.07, 6.45) is 22.2. The second-order valence-electron chi connectivity index (χ2n) is 6.37. The first-order valence-electron chi connectivity index (χ1n) is 7.75. The maximum absolute atomic E-state index is 2.53. The van der Waals surface area contributed by atoms with E-state index in [-0.39, 0.29) is 0 Å². The zero-order chi connectivity index (χ0) is 13.3. The average Bonchev–Trinajstić information content (AvgIpc) is 2.97. The molecule has 3 rings (SSSR count). The minimum absolute atomic E-state index is 0.471. The van der Waals surface area contributed by atoms with Crippen molar-refractivity contribution in [3.8, 4) is 0 Å². The van der Waals surface area contributed by atoms with Crippen LogP contribution in [0, 0.1) is 11.8 Å². The second-order valence-corrected chi connectivity index (χ2v) is 10.9. The van der Waals surface area contributed by atoms with Crippen LogP contribution < -0.4 is 0 Å². The predicted molar refractivity (Wildman–Crippen MR) is 78.7 cm³/mol. The first-order valence-corrected chi connectivity index (χ1v) is 10.4. The van der Waals surface area contributed by atoms with Gasteiger partial charge in [0.15, 0.2) is 0 Å². The van der Waals surface area contributed by atoms with Gasteiger partial charge in [0, 0.05) is 0 Å². The van der Waals surface area contributed by atoms with Gasteiger partial charge in [-0.25, -0.2) is 0 Å². The Kier molecular flexibility index (Phi) is 4.13. The average molecular weight is 332 g/mol. The van der Waals surface area contributed by atoms with E-state index in [9.17, 15) is 0 Å². The Balaban J connectivity index is 1.81. The van der Waals surface area contributed by atoms with Crippen LogP contribution in [0.3, 0.4) is 0 Å². The van der Waals surface area contributed by atoms with Crippen molar-refractivity contribution in [2.24, 2.45) is 11.8 Å². The van der Waals surface area contributed by atoms with Crippen molar-refractivity contribution in [2.75, 3.05) is 0 Å². The van der Waals surface area contributed by atoms with Crippen molar-refractivity contribution in [3.63, 3.8) is 0 Å². The van der Waals surface area contributed by atoms with E-state index in [1.807, 2.05) is 5.57 Å². The van der Waals surface area contributed by atoms with Gasteiger partial charge in [-0.2, -0.15) is 0 Å². The molecule has 1 fully saturated rings. The van der Waals surface area contributed by atoms with Crippen LogP contribution in [0.1, 0.15) is 39.5 Å². The molecule has 0 N–H and O–H groups in total. The Morgan fingerprint density at radius 3 is 2.79 bits per heavy atom. The molecule has 19 heavy (non-hydrogen) atoms. The van der Waals surface area contributed by atoms with Gasteiger partial charge in [0.25, 0.3) is 0 Å². The van der Waals surface area contributed by atoms with E-state index in [4.69, 9.17) is 0 Å². The van der Waals surface area contributed by atoms with Crippen LogP contribution in [0.15, 0.2) is 48.1 Å². The molecule has 0 saturated heterocycles. The zero-order valence-electron chi connectivity index (χ0n) is 12.1. The molecule has 0 aliphatic heterocycles. The molecule has 0 bridgehead atoms. The number of hydrogen-bond donors (Lipinski definition) is 0. The van der Waals surface area contributed by atoms with Crippen LogP contribution in [0.5, 0.6) is 0 Å². The first kappa shape index (κ1) is 13.8.